The minimum absolute atomic E-state index is 0.0167. The van der Waals surface area contributed by atoms with E-state index < -0.39 is 23.9 Å². The number of likely N-dealkylation sites (tertiary alicyclic amines) is 1. The second-order valence-electron chi connectivity index (χ2n) is 10.7. The lowest BCUT2D eigenvalue weighted by molar-refractivity contribution is -0.137. The van der Waals surface area contributed by atoms with Crippen molar-refractivity contribution in [3.63, 3.8) is 0 Å². The molecule has 1 aromatic carbocycles. The molecule has 0 unspecified atom stereocenters. The van der Waals surface area contributed by atoms with Gasteiger partial charge in [0, 0.05) is 37.8 Å². The molecule has 10 nitrogen and oxygen atoms in total. The first-order chi connectivity index (χ1) is 20.1. The van der Waals surface area contributed by atoms with Gasteiger partial charge in [0.1, 0.15) is 12.4 Å². The van der Waals surface area contributed by atoms with Gasteiger partial charge >= 0.3 is 18.3 Å². The topological polar surface area (TPSA) is 109 Å². The lowest BCUT2D eigenvalue weighted by Gasteiger charge is -2.41. The number of aromatic nitrogens is 2. The van der Waals surface area contributed by atoms with Crippen LogP contribution in [0.5, 0.6) is 6.01 Å². The number of amides is 1. The molecule has 1 aromatic heterocycles. The van der Waals surface area contributed by atoms with Gasteiger partial charge in [0.05, 0.1) is 47.0 Å². The molecule has 2 saturated heterocycles. The number of alkyl halides is 3. The number of hydrogen-bond acceptors (Lipinski definition) is 8. The van der Waals surface area contributed by atoms with E-state index in [0.717, 1.165) is 31.5 Å². The van der Waals surface area contributed by atoms with Crippen molar-refractivity contribution < 1.29 is 27.8 Å². The van der Waals surface area contributed by atoms with Crippen molar-refractivity contribution in [3.05, 3.63) is 40.0 Å². The van der Waals surface area contributed by atoms with Crippen LogP contribution < -0.4 is 14.5 Å². The minimum atomic E-state index is -4.63. The van der Waals surface area contributed by atoms with Crippen molar-refractivity contribution in [2.45, 2.75) is 57.4 Å². The first kappa shape index (κ1) is 30.0. The molecule has 2 aromatic rings. The molecule has 0 radical (unpaired) electrons. The van der Waals surface area contributed by atoms with Gasteiger partial charge in [-0.1, -0.05) is 24.6 Å². The molecule has 226 valence electrons. The number of ether oxygens (including phenoxy) is 1. The zero-order chi connectivity index (χ0) is 30.0. The van der Waals surface area contributed by atoms with E-state index in [-0.39, 0.29) is 55.4 Å². The number of carbonyl (C=O) groups is 1. The van der Waals surface area contributed by atoms with Crippen LogP contribution in [0, 0.1) is 11.3 Å². The molecule has 4 heterocycles. The zero-order valence-corrected chi connectivity index (χ0v) is 24.0. The van der Waals surface area contributed by atoms with E-state index in [4.69, 9.17) is 21.3 Å². The van der Waals surface area contributed by atoms with Crippen LogP contribution in [-0.4, -0.2) is 88.9 Å². The molecule has 14 heteroatoms. The Hall–Kier alpha value is -3.50. The van der Waals surface area contributed by atoms with Crippen molar-refractivity contribution in [2.24, 2.45) is 0 Å². The molecule has 2 fully saturated rings. The number of nitriles is 1. The van der Waals surface area contributed by atoms with Crippen LogP contribution in [0.15, 0.2) is 18.2 Å². The predicted molar refractivity (Wildman–Crippen MR) is 150 cm³/mol. The van der Waals surface area contributed by atoms with Gasteiger partial charge in [0.2, 0.25) is 0 Å². The molecule has 3 aliphatic heterocycles. The third-order valence-electron chi connectivity index (χ3n) is 8.30. The quantitative estimate of drug-likeness (QED) is 0.481. The smallest absolute Gasteiger partial charge is 0.419 e. The van der Waals surface area contributed by atoms with Crippen molar-refractivity contribution in [1.29, 1.82) is 5.26 Å². The highest BCUT2D eigenvalue weighted by atomic mass is 35.5. The van der Waals surface area contributed by atoms with Gasteiger partial charge in [0.15, 0.2) is 0 Å². The van der Waals surface area contributed by atoms with Crippen LogP contribution >= 0.6 is 11.6 Å². The fraction of sp³-hybridized carbons (Fsp3) is 0.571. The molecule has 0 spiro atoms. The number of carboxylic acid groups (broad SMARTS) is 1. The maximum absolute atomic E-state index is 14.0. The number of rotatable bonds is 7. The summed E-state index contributed by atoms with van der Waals surface area (Å²) in [5.74, 6) is 0.573. The van der Waals surface area contributed by atoms with E-state index in [1.807, 2.05) is 4.90 Å². The lowest BCUT2D eigenvalue weighted by atomic mass is 10.0. The standard InChI is InChI=1S/C28H33ClF3N7O3/c1-2-36-11-4-5-19(36)17-42-26-34-22-16-37(23-7-3-6-21(29)24(23)28(30,31)32)12-9-20(22)25(35-26)38-13-14-39(27(40)41)18(15-38)8-10-33/h3,6-7,18-19H,2,4-5,8-9,11-17H2,1H3,(H,40,41)/t18-,19-/m0/s1. The van der Waals surface area contributed by atoms with Gasteiger partial charge in [-0.05, 0) is 44.5 Å². The number of anilines is 2. The van der Waals surface area contributed by atoms with Crippen LogP contribution in [-0.2, 0) is 19.1 Å². The van der Waals surface area contributed by atoms with E-state index in [0.29, 0.717) is 31.1 Å². The van der Waals surface area contributed by atoms with E-state index in [2.05, 4.69) is 22.9 Å². The molecule has 42 heavy (non-hydrogen) atoms. The molecular weight excluding hydrogens is 575 g/mol. The number of piperazine rings is 1. The molecule has 2 atom stereocenters. The van der Waals surface area contributed by atoms with E-state index in [1.165, 1.54) is 23.1 Å². The molecule has 0 saturated carbocycles. The zero-order valence-electron chi connectivity index (χ0n) is 23.3. The Kier molecular flexibility index (Phi) is 8.84. The van der Waals surface area contributed by atoms with E-state index >= 15 is 0 Å². The van der Waals surface area contributed by atoms with E-state index in [1.54, 1.807) is 4.90 Å². The number of fused-ring (bicyclic) bond motifs is 1. The van der Waals surface area contributed by atoms with Gasteiger partial charge in [-0.2, -0.15) is 28.4 Å². The molecule has 1 N–H and O–H groups in total. The third kappa shape index (κ3) is 6.15. The minimum Gasteiger partial charge on any atom is -0.465 e. The number of hydrogen-bond donors (Lipinski definition) is 1. The number of halogens is 4. The molecule has 3 aliphatic rings. The molecular formula is C28H33ClF3N7O3. The summed E-state index contributed by atoms with van der Waals surface area (Å²) in [6.45, 7) is 5.52. The van der Waals surface area contributed by atoms with Crippen molar-refractivity contribution >= 4 is 29.2 Å². The van der Waals surface area contributed by atoms with Crippen LogP contribution in [0.4, 0.5) is 29.5 Å². The largest absolute Gasteiger partial charge is 0.465 e. The molecule has 5 rings (SSSR count). The second kappa shape index (κ2) is 12.4. The number of benzene rings is 1. The molecule has 0 aliphatic carbocycles. The Balaban J connectivity index is 1.49. The summed E-state index contributed by atoms with van der Waals surface area (Å²) in [5.41, 5.74) is 0.429. The summed E-state index contributed by atoms with van der Waals surface area (Å²) in [7, 11) is 0. The highest BCUT2D eigenvalue weighted by Crippen LogP contribution is 2.43. The number of likely N-dealkylation sites (N-methyl/N-ethyl adjacent to an activating group) is 1. The third-order valence-corrected chi connectivity index (χ3v) is 8.62. The Morgan fingerprint density at radius 1 is 1.19 bits per heavy atom. The SMILES string of the molecule is CCN1CCC[C@H]1COc1nc2c(c(N3CCN(C(=O)O)[C@@H](CC#N)C3)n1)CCN(c1cccc(Cl)c1C(F)(F)F)C2. The van der Waals surface area contributed by atoms with Crippen LogP contribution in [0.1, 0.15) is 43.0 Å². The summed E-state index contributed by atoms with van der Waals surface area (Å²) < 4.78 is 48.1. The monoisotopic (exact) mass is 607 g/mol. The van der Waals surface area contributed by atoms with Crippen LogP contribution in [0.3, 0.4) is 0 Å². The normalized spacial score (nSPS) is 21.3. The Bertz CT molecular complexity index is 1360. The predicted octanol–water partition coefficient (Wildman–Crippen LogP) is 4.66. The van der Waals surface area contributed by atoms with Gasteiger partial charge in [-0.3, -0.25) is 4.90 Å². The van der Waals surface area contributed by atoms with Crippen molar-refractivity contribution in [3.8, 4) is 12.1 Å². The lowest BCUT2D eigenvalue weighted by Crippen LogP contribution is -2.55. The average molecular weight is 608 g/mol. The fourth-order valence-corrected chi connectivity index (χ4v) is 6.50. The fourth-order valence-electron chi connectivity index (χ4n) is 6.23. The van der Waals surface area contributed by atoms with Gasteiger partial charge in [0.25, 0.3) is 0 Å². The van der Waals surface area contributed by atoms with Crippen molar-refractivity contribution in [2.75, 3.05) is 55.7 Å². The van der Waals surface area contributed by atoms with E-state index in [9.17, 15) is 28.3 Å². The summed E-state index contributed by atoms with van der Waals surface area (Å²) in [6, 6.07) is 6.02. The van der Waals surface area contributed by atoms with Crippen molar-refractivity contribution in [1.82, 2.24) is 19.8 Å². The first-order valence-electron chi connectivity index (χ1n) is 14.1. The highest BCUT2D eigenvalue weighted by molar-refractivity contribution is 6.31. The first-order valence-corrected chi connectivity index (χ1v) is 14.5. The Morgan fingerprint density at radius 3 is 2.71 bits per heavy atom. The maximum Gasteiger partial charge on any atom is 0.419 e. The van der Waals surface area contributed by atoms with Gasteiger partial charge < -0.3 is 24.5 Å². The Labute approximate surface area is 247 Å². The Morgan fingerprint density at radius 2 is 2.00 bits per heavy atom. The highest BCUT2D eigenvalue weighted by Gasteiger charge is 2.39. The average Bonchev–Trinajstić information content (AvgIpc) is 3.42. The summed E-state index contributed by atoms with van der Waals surface area (Å²) in [5, 5.41) is 18.6. The molecule has 0 bridgehead atoms. The molecule has 1 amide bonds. The van der Waals surface area contributed by atoms with Gasteiger partial charge in [-0.15, -0.1) is 0 Å². The summed E-state index contributed by atoms with van der Waals surface area (Å²) >= 11 is 6.01. The second-order valence-corrected chi connectivity index (χ2v) is 11.1. The van der Waals surface area contributed by atoms with Crippen LogP contribution in [0.2, 0.25) is 5.02 Å². The van der Waals surface area contributed by atoms with Crippen LogP contribution in [0.25, 0.3) is 0 Å². The maximum atomic E-state index is 14.0. The summed E-state index contributed by atoms with van der Waals surface area (Å²) in [6.07, 6.45) is -3.27. The summed E-state index contributed by atoms with van der Waals surface area (Å²) in [4.78, 5) is 28.4. The number of nitrogens with zero attached hydrogens (tertiary/aromatic N) is 7. The van der Waals surface area contributed by atoms with Gasteiger partial charge in [-0.25, -0.2) is 4.79 Å².